The molecule has 2 aromatic heterocycles. The van der Waals surface area contributed by atoms with Gasteiger partial charge in [-0.05, 0) is 126 Å². The first-order valence-electron chi connectivity index (χ1n) is 33.7. The third kappa shape index (κ3) is 19.7. The number of imidazole rings is 1. The Morgan fingerprint density at radius 1 is 0.333 bits per heavy atom. The number of methoxy groups -OCH3 is 1. The summed E-state index contributed by atoms with van der Waals surface area (Å²) in [7, 11) is -0.145. The summed E-state index contributed by atoms with van der Waals surface area (Å²) in [5.74, 6) is 1.93. The molecule has 1 aliphatic heterocycles. The van der Waals surface area contributed by atoms with E-state index in [-0.39, 0.29) is 20.4 Å². The largest absolute Gasteiger partial charge is 0.495 e. The summed E-state index contributed by atoms with van der Waals surface area (Å²) in [6, 6.07) is 140. The Kier molecular flexibility index (Phi) is 27.3. The fraction of sp³-hybridized carbons (Fsp3) is 0.0440. The Morgan fingerprint density at radius 2 is 0.598 bits per heavy atom. The molecule has 0 spiro atoms. The molecule has 1 unspecified atom stereocenters. The van der Waals surface area contributed by atoms with E-state index >= 15 is 0 Å². The molecule has 6 nitrogen and oxygen atoms in total. The van der Waals surface area contributed by atoms with E-state index < -0.39 is 37.2 Å². The van der Waals surface area contributed by atoms with E-state index in [9.17, 15) is 0 Å². The van der Waals surface area contributed by atoms with Crippen LogP contribution >= 0.6 is 31.7 Å². The van der Waals surface area contributed by atoms with E-state index in [1.165, 1.54) is 63.7 Å². The summed E-state index contributed by atoms with van der Waals surface area (Å²) in [6.07, 6.45) is 7.21. The summed E-state index contributed by atoms with van der Waals surface area (Å²) in [5.41, 5.74) is 8.85. The van der Waals surface area contributed by atoms with Crippen LogP contribution in [-0.2, 0) is 32.5 Å². The van der Waals surface area contributed by atoms with Crippen LogP contribution in [0.3, 0.4) is 0 Å². The van der Waals surface area contributed by atoms with Crippen LogP contribution in [0.4, 0.5) is 0 Å². The number of rotatable bonds is 15. The number of amidine groups is 1. The quantitative estimate of drug-likeness (QED) is 0.0819. The Morgan fingerprint density at radius 3 is 0.853 bits per heavy atom. The van der Waals surface area contributed by atoms with Crippen LogP contribution in [0.15, 0.2) is 424 Å². The van der Waals surface area contributed by atoms with Crippen molar-refractivity contribution in [2.45, 2.75) is 19.0 Å². The van der Waals surface area contributed by atoms with E-state index in [1.807, 2.05) is 29.1 Å². The fourth-order valence-electron chi connectivity index (χ4n) is 11.9. The van der Waals surface area contributed by atoms with Crippen LogP contribution in [0, 0.1) is 0 Å². The second-order valence-corrected chi connectivity index (χ2v) is 32.6. The molecule has 0 fully saturated rings. The number of aliphatic imine (C=N–C) groups is 1. The minimum absolute atomic E-state index is 0. The van der Waals surface area contributed by atoms with Gasteiger partial charge in [0.1, 0.15) is 11.3 Å². The Bertz CT molecular complexity index is 4060. The van der Waals surface area contributed by atoms with Gasteiger partial charge in [0.25, 0.3) is 0 Å². The van der Waals surface area contributed by atoms with Gasteiger partial charge in [0.15, 0.2) is 11.7 Å². The molecule has 102 heavy (non-hydrogen) atoms. The monoisotopic (exact) mass is 1490 g/mol. The molecule has 15 aromatic rings. The van der Waals surface area contributed by atoms with Crippen molar-refractivity contribution in [3.05, 3.63) is 430 Å². The SMILES string of the molecule is COc1cncc(-c2cccc(C3(C)Cn4ccnc4C(N)=N3)c2)c1.[Pd].c1ccc(P(c2ccccc2)c2ccccc2)cc1.c1ccc(P(c2ccccc2)c2ccccc2)cc1.c1ccc(P(c2ccccc2)c2ccccc2)cc1.c1ccc(P(c2ccccc2)c2ccccc2)cc1. The van der Waals surface area contributed by atoms with Gasteiger partial charge in [0.05, 0.1) is 19.9 Å². The number of benzene rings is 13. The van der Waals surface area contributed by atoms with E-state index in [2.05, 4.69) is 399 Å². The van der Waals surface area contributed by atoms with Crippen LogP contribution in [0.2, 0.25) is 0 Å². The zero-order valence-electron chi connectivity index (χ0n) is 56.9. The molecular formula is C91H79N5OP4Pd. The van der Waals surface area contributed by atoms with Gasteiger partial charge >= 0.3 is 0 Å². The van der Waals surface area contributed by atoms with Gasteiger partial charge in [0.2, 0.25) is 0 Å². The van der Waals surface area contributed by atoms with Crippen molar-refractivity contribution in [1.82, 2.24) is 14.5 Å². The van der Waals surface area contributed by atoms with Crippen molar-refractivity contribution in [3.63, 3.8) is 0 Å². The summed E-state index contributed by atoms with van der Waals surface area (Å²) in [5, 5.41) is 16.8. The Labute approximate surface area is 620 Å². The number of aromatic nitrogens is 3. The van der Waals surface area contributed by atoms with E-state index in [1.54, 1.807) is 19.5 Å². The predicted molar refractivity (Wildman–Crippen MR) is 437 cm³/mol. The zero-order valence-corrected chi connectivity index (χ0v) is 62.1. The van der Waals surface area contributed by atoms with Crippen LogP contribution < -0.4 is 74.1 Å². The summed E-state index contributed by atoms with van der Waals surface area (Å²) in [6.45, 7) is 2.79. The van der Waals surface area contributed by atoms with E-state index in [0.717, 1.165) is 28.3 Å². The molecule has 0 radical (unpaired) electrons. The normalized spacial score (nSPS) is 12.6. The maximum absolute atomic E-state index is 6.13. The number of nitrogens with two attached hydrogens (primary N) is 1. The standard InChI is InChI=1S/C19H19N5O.4C18H15P.Pd/c1-19(12-24-7-6-22-18(24)17(20)23-19)15-5-3-4-13(8-15)14-9-16(25-2)11-21-10-14;4*1-4-10-16(11-5-1)19(17-12-6-2-7-13-17)18-14-8-3-9-15-18;/h3-11H,12H2,1-2H3,(H2,20,23);4*1-15H;. The van der Waals surface area contributed by atoms with Gasteiger partial charge in [-0.25, -0.2) is 4.98 Å². The number of pyridine rings is 1. The first kappa shape index (κ1) is 73.1. The van der Waals surface area contributed by atoms with Crippen molar-refractivity contribution >= 4 is 101 Å². The second kappa shape index (κ2) is 38.1. The smallest absolute Gasteiger partial charge is 0.175 e. The van der Waals surface area contributed by atoms with Gasteiger partial charge in [-0.3, -0.25) is 9.98 Å². The number of nitrogens with zero attached hydrogens (tertiary/aromatic N) is 4. The molecule has 11 heteroatoms. The van der Waals surface area contributed by atoms with Crippen LogP contribution in [0.25, 0.3) is 11.1 Å². The topological polar surface area (TPSA) is 78.3 Å². The predicted octanol–water partition coefficient (Wildman–Crippen LogP) is 16.4. The minimum atomic E-state index is -0.446. The molecule has 16 rings (SSSR count). The van der Waals surface area contributed by atoms with Gasteiger partial charge in [0, 0.05) is 44.6 Å². The third-order valence-electron chi connectivity index (χ3n) is 16.7. The summed E-state index contributed by atoms with van der Waals surface area (Å²) >= 11 is 0. The maximum Gasteiger partial charge on any atom is 0.175 e. The number of hydrogen-bond donors (Lipinski definition) is 1. The van der Waals surface area contributed by atoms with Gasteiger partial charge in [-0.2, -0.15) is 0 Å². The average Bonchev–Trinajstić information content (AvgIpc) is 1.38. The first-order chi connectivity index (χ1) is 49.9. The molecule has 504 valence electrons. The molecule has 2 N–H and O–H groups in total. The Balaban J connectivity index is 0.000000128. The van der Waals surface area contributed by atoms with E-state index in [0.29, 0.717) is 12.4 Å². The maximum atomic E-state index is 6.13. The summed E-state index contributed by atoms with van der Waals surface area (Å²) < 4.78 is 7.32. The molecule has 0 saturated carbocycles. The summed E-state index contributed by atoms with van der Waals surface area (Å²) in [4.78, 5) is 13.2. The Hall–Kier alpha value is -10.1. The molecule has 0 aliphatic carbocycles. The van der Waals surface area contributed by atoms with Crippen LogP contribution in [0.5, 0.6) is 5.75 Å². The number of ether oxygens (including phenoxy) is 1. The van der Waals surface area contributed by atoms with Crippen molar-refractivity contribution in [3.8, 4) is 16.9 Å². The minimum Gasteiger partial charge on any atom is -0.495 e. The molecule has 1 atom stereocenters. The van der Waals surface area contributed by atoms with Gasteiger partial charge in [-0.15, -0.1) is 0 Å². The second-order valence-electron chi connectivity index (χ2n) is 23.7. The first-order valence-corrected chi connectivity index (χ1v) is 39.0. The zero-order chi connectivity index (χ0) is 69.1. The molecular weight excluding hydrogens is 1410 g/mol. The van der Waals surface area contributed by atoms with Crippen LogP contribution in [0.1, 0.15) is 18.3 Å². The van der Waals surface area contributed by atoms with E-state index in [4.69, 9.17) is 15.5 Å². The van der Waals surface area contributed by atoms with Gasteiger partial charge in [-0.1, -0.05) is 382 Å². The molecule has 0 amide bonds. The van der Waals surface area contributed by atoms with Crippen molar-refractivity contribution in [2.75, 3.05) is 7.11 Å². The molecule has 0 saturated heterocycles. The van der Waals surface area contributed by atoms with Crippen molar-refractivity contribution < 1.29 is 25.2 Å². The number of fused-ring (bicyclic) bond motifs is 1. The van der Waals surface area contributed by atoms with Gasteiger partial charge < -0.3 is 15.0 Å². The number of hydrogen-bond acceptors (Lipinski definition) is 5. The third-order valence-corrected chi connectivity index (χ3v) is 26.5. The fourth-order valence-corrected chi connectivity index (χ4v) is 21.2. The molecule has 1 aliphatic rings. The molecule has 0 bridgehead atoms. The van der Waals surface area contributed by atoms with Crippen LogP contribution in [-0.4, -0.2) is 27.5 Å². The molecule has 13 aromatic carbocycles. The van der Waals surface area contributed by atoms with Crippen molar-refractivity contribution in [2.24, 2.45) is 10.7 Å². The molecule has 3 heterocycles. The average molecular weight is 1490 g/mol. The van der Waals surface area contributed by atoms with Crippen molar-refractivity contribution in [1.29, 1.82) is 0 Å².